The van der Waals surface area contributed by atoms with E-state index < -0.39 is 11.7 Å². The predicted molar refractivity (Wildman–Crippen MR) is 112 cm³/mol. The van der Waals surface area contributed by atoms with Gasteiger partial charge in [0.1, 0.15) is 0 Å². The fourth-order valence-electron chi connectivity index (χ4n) is 4.14. The highest BCUT2D eigenvalue weighted by Crippen LogP contribution is 2.39. The Morgan fingerprint density at radius 3 is 2.31 bits per heavy atom. The Hall–Kier alpha value is -2.08. The number of fused-ring (bicyclic) bond motifs is 1. The van der Waals surface area contributed by atoms with E-state index in [1.165, 1.54) is 5.56 Å². The number of hydrogen-bond acceptors (Lipinski definition) is 5. The maximum Gasteiger partial charge on any atom is 0.231 e. The van der Waals surface area contributed by atoms with Gasteiger partial charge >= 0.3 is 0 Å². The van der Waals surface area contributed by atoms with Crippen LogP contribution in [0.1, 0.15) is 56.4 Å². The smallest absolute Gasteiger partial charge is 0.231 e. The summed E-state index contributed by atoms with van der Waals surface area (Å²) in [6.07, 6.45) is 0.728. The van der Waals surface area contributed by atoms with Gasteiger partial charge in [0.2, 0.25) is 6.79 Å². The zero-order valence-electron chi connectivity index (χ0n) is 17.5. The van der Waals surface area contributed by atoms with Crippen molar-refractivity contribution in [3.8, 4) is 11.5 Å². The third kappa shape index (κ3) is 4.27. The average molecular weight is 398 g/mol. The van der Waals surface area contributed by atoms with Crippen LogP contribution in [0.25, 0.3) is 0 Å². The number of β-amino-alcohol motifs (C(OH)–C–C–N with tert-alkyl or cyclic N) is 1. The molecular formula is C24H31NO4. The van der Waals surface area contributed by atoms with Crippen LogP contribution in [0.4, 0.5) is 0 Å². The molecule has 0 aromatic heterocycles. The molecule has 5 nitrogen and oxygen atoms in total. The number of ether oxygens (including phenoxy) is 2. The van der Waals surface area contributed by atoms with Crippen LogP contribution in [-0.4, -0.2) is 41.5 Å². The summed E-state index contributed by atoms with van der Waals surface area (Å²) in [5.41, 5.74) is 2.32. The molecule has 1 fully saturated rings. The number of nitrogens with zero attached hydrogens (tertiary/aromatic N) is 1. The van der Waals surface area contributed by atoms with Crippen LogP contribution in [0.15, 0.2) is 42.5 Å². The molecule has 0 bridgehead atoms. The maximum atomic E-state index is 11.2. The molecule has 0 unspecified atom stereocenters. The summed E-state index contributed by atoms with van der Waals surface area (Å²) < 4.78 is 10.8. The number of likely N-dealkylation sites (tertiary alicyclic amines) is 1. The van der Waals surface area contributed by atoms with Crippen molar-refractivity contribution >= 4 is 0 Å². The molecule has 4 rings (SSSR count). The SMILES string of the molecule is CC(C)(C)c1ccc([C@H](O)CN2CCC(O)(c3ccc4c(c3)OCO4)CC2)cc1. The van der Waals surface area contributed by atoms with Gasteiger partial charge in [-0.2, -0.15) is 0 Å². The van der Waals surface area contributed by atoms with Crippen molar-refractivity contribution in [2.45, 2.75) is 50.7 Å². The van der Waals surface area contributed by atoms with Crippen molar-refractivity contribution in [3.63, 3.8) is 0 Å². The van der Waals surface area contributed by atoms with E-state index in [0.29, 0.717) is 25.1 Å². The molecule has 2 aromatic rings. The average Bonchev–Trinajstić information content (AvgIpc) is 3.17. The lowest BCUT2D eigenvalue weighted by molar-refractivity contribution is -0.0345. The Balaban J connectivity index is 1.36. The van der Waals surface area contributed by atoms with E-state index in [1.807, 2.05) is 30.3 Å². The molecule has 0 radical (unpaired) electrons. The Kier molecular flexibility index (Phi) is 5.32. The first-order valence-electron chi connectivity index (χ1n) is 10.4. The number of rotatable bonds is 4. The van der Waals surface area contributed by atoms with Crippen molar-refractivity contribution in [2.75, 3.05) is 26.4 Å². The van der Waals surface area contributed by atoms with Crippen LogP contribution in [0.5, 0.6) is 11.5 Å². The van der Waals surface area contributed by atoms with Crippen molar-refractivity contribution in [2.24, 2.45) is 0 Å². The summed E-state index contributed by atoms with van der Waals surface area (Å²) in [7, 11) is 0. The van der Waals surface area contributed by atoms with Gasteiger partial charge in [0, 0.05) is 19.6 Å². The molecular weight excluding hydrogens is 366 g/mol. The van der Waals surface area contributed by atoms with Crippen LogP contribution in [-0.2, 0) is 11.0 Å². The number of benzene rings is 2. The van der Waals surface area contributed by atoms with E-state index in [0.717, 1.165) is 30.0 Å². The molecule has 2 aliphatic rings. The Labute approximate surface area is 172 Å². The topological polar surface area (TPSA) is 62.2 Å². The van der Waals surface area contributed by atoms with Gasteiger partial charge in [-0.25, -0.2) is 0 Å². The van der Waals surface area contributed by atoms with Gasteiger partial charge in [0.15, 0.2) is 11.5 Å². The van der Waals surface area contributed by atoms with E-state index in [9.17, 15) is 10.2 Å². The fraction of sp³-hybridized carbons (Fsp3) is 0.500. The highest BCUT2D eigenvalue weighted by molar-refractivity contribution is 5.46. The van der Waals surface area contributed by atoms with Gasteiger partial charge in [0.25, 0.3) is 0 Å². The molecule has 1 atom stereocenters. The van der Waals surface area contributed by atoms with E-state index >= 15 is 0 Å². The maximum absolute atomic E-state index is 11.2. The van der Waals surface area contributed by atoms with E-state index in [1.54, 1.807) is 0 Å². The van der Waals surface area contributed by atoms with Gasteiger partial charge in [-0.15, -0.1) is 0 Å². The second-order valence-corrected chi connectivity index (χ2v) is 9.29. The van der Waals surface area contributed by atoms with Gasteiger partial charge in [-0.1, -0.05) is 51.1 Å². The first-order valence-corrected chi connectivity index (χ1v) is 10.4. The van der Waals surface area contributed by atoms with Crippen molar-refractivity contribution in [3.05, 3.63) is 59.2 Å². The zero-order valence-corrected chi connectivity index (χ0v) is 17.5. The third-order valence-electron chi connectivity index (χ3n) is 6.19. The Morgan fingerprint density at radius 2 is 1.66 bits per heavy atom. The lowest BCUT2D eigenvalue weighted by Crippen LogP contribution is -2.43. The lowest BCUT2D eigenvalue weighted by atomic mass is 9.84. The van der Waals surface area contributed by atoms with Gasteiger partial charge in [-0.3, -0.25) is 0 Å². The molecule has 0 amide bonds. The first-order chi connectivity index (χ1) is 13.7. The summed E-state index contributed by atoms with van der Waals surface area (Å²) in [6.45, 7) is 8.85. The highest BCUT2D eigenvalue weighted by Gasteiger charge is 2.35. The van der Waals surface area contributed by atoms with Gasteiger partial charge < -0.3 is 24.6 Å². The Morgan fingerprint density at radius 1 is 1.00 bits per heavy atom. The van der Waals surface area contributed by atoms with Crippen molar-refractivity contribution in [1.29, 1.82) is 0 Å². The minimum atomic E-state index is -0.864. The quantitative estimate of drug-likeness (QED) is 0.823. The first kappa shape index (κ1) is 20.2. The number of aliphatic hydroxyl groups is 2. The summed E-state index contributed by atoms with van der Waals surface area (Å²) in [5.74, 6) is 1.43. The summed E-state index contributed by atoms with van der Waals surface area (Å²) >= 11 is 0. The van der Waals surface area contributed by atoms with Crippen LogP contribution in [0.3, 0.4) is 0 Å². The largest absolute Gasteiger partial charge is 0.454 e. The summed E-state index contributed by atoms with van der Waals surface area (Å²) in [6, 6.07) is 13.9. The van der Waals surface area contributed by atoms with Crippen LogP contribution in [0, 0.1) is 0 Å². The monoisotopic (exact) mass is 397 g/mol. The molecule has 2 aliphatic heterocycles. The van der Waals surface area contributed by atoms with E-state index in [4.69, 9.17) is 9.47 Å². The van der Waals surface area contributed by atoms with Crippen LogP contribution < -0.4 is 9.47 Å². The molecule has 2 N–H and O–H groups in total. The van der Waals surface area contributed by atoms with Crippen LogP contribution >= 0.6 is 0 Å². The van der Waals surface area contributed by atoms with Crippen LogP contribution in [0.2, 0.25) is 0 Å². The number of hydrogen-bond donors (Lipinski definition) is 2. The molecule has 5 heteroatoms. The van der Waals surface area contributed by atoms with E-state index in [2.05, 4.69) is 37.8 Å². The van der Waals surface area contributed by atoms with Gasteiger partial charge in [-0.05, 0) is 47.1 Å². The number of piperidine rings is 1. The highest BCUT2D eigenvalue weighted by atomic mass is 16.7. The lowest BCUT2D eigenvalue weighted by Gasteiger charge is -2.39. The molecule has 0 saturated carbocycles. The molecule has 2 heterocycles. The summed E-state index contributed by atoms with van der Waals surface area (Å²) in [4.78, 5) is 2.23. The Bertz CT molecular complexity index is 848. The normalized spacial score (nSPS) is 19.9. The zero-order chi connectivity index (χ0) is 20.6. The molecule has 0 aliphatic carbocycles. The van der Waals surface area contributed by atoms with E-state index in [-0.39, 0.29) is 12.2 Å². The molecule has 0 spiro atoms. The molecule has 1 saturated heterocycles. The minimum absolute atomic E-state index is 0.107. The second-order valence-electron chi connectivity index (χ2n) is 9.29. The molecule has 156 valence electrons. The van der Waals surface area contributed by atoms with Crippen molar-refractivity contribution < 1.29 is 19.7 Å². The molecule has 2 aromatic carbocycles. The minimum Gasteiger partial charge on any atom is -0.454 e. The van der Waals surface area contributed by atoms with Crippen molar-refractivity contribution in [1.82, 2.24) is 4.90 Å². The third-order valence-corrected chi connectivity index (χ3v) is 6.19. The van der Waals surface area contributed by atoms with Gasteiger partial charge in [0.05, 0.1) is 11.7 Å². The predicted octanol–water partition coefficient (Wildman–Crippen LogP) is 3.73. The fourth-order valence-corrected chi connectivity index (χ4v) is 4.14. The summed E-state index contributed by atoms with van der Waals surface area (Å²) in [5, 5.41) is 21.8. The molecule has 29 heavy (non-hydrogen) atoms. The number of aliphatic hydroxyl groups excluding tert-OH is 1. The second kappa shape index (κ2) is 7.63. The standard InChI is InChI=1S/C24H31NO4/c1-23(2,3)18-6-4-17(5-7-18)20(26)15-25-12-10-24(27,11-13-25)19-8-9-21-22(14-19)29-16-28-21/h4-9,14,20,26-27H,10-13,15-16H2,1-3H3/t20-/m1/s1.